The van der Waals surface area contributed by atoms with Gasteiger partial charge in [0, 0.05) is 6.42 Å². The van der Waals surface area contributed by atoms with Crippen LogP contribution < -0.4 is 5.32 Å². The fourth-order valence-corrected chi connectivity index (χ4v) is 6.86. The van der Waals surface area contributed by atoms with Crippen molar-refractivity contribution in [1.82, 2.24) is 5.32 Å². The maximum absolute atomic E-state index is 12.9. The Bertz CT molecular complexity index is 812. The van der Waals surface area contributed by atoms with E-state index in [0.717, 1.165) is 44.9 Å². The van der Waals surface area contributed by atoms with Gasteiger partial charge in [-0.2, -0.15) is 0 Å². The van der Waals surface area contributed by atoms with Crippen LogP contribution in [-0.4, -0.2) is 87.5 Å². The number of hydrogen-bond donors (Lipinski definition) is 6. The third kappa shape index (κ3) is 24.8. The van der Waals surface area contributed by atoms with Crippen LogP contribution in [0.5, 0.6) is 0 Å². The van der Waals surface area contributed by atoms with Gasteiger partial charge in [-0.15, -0.1) is 0 Å². The Balaban J connectivity index is 2.39. The lowest BCUT2D eigenvalue weighted by molar-refractivity contribution is -0.302. The number of aliphatic hydroxyl groups is 5. The molecule has 9 heteroatoms. The number of unbranched alkanes of at least 4 members (excludes halogenated alkanes) is 23. The van der Waals surface area contributed by atoms with E-state index < -0.39 is 49.5 Å². The minimum atomic E-state index is -1.55. The molecule has 6 N–H and O–H groups in total. The average Bonchev–Trinajstić information content (AvgIpc) is 3.13. The van der Waals surface area contributed by atoms with Crippen molar-refractivity contribution in [3.05, 3.63) is 12.2 Å². The molecule has 1 aliphatic rings. The quantitative estimate of drug-likeness (QED) is 0.0283. The smallest absolute Gasteiger partial charge is 0.220 e. The fourth-order valence-electron chi connectivity index (χ4n) is 6.86. The number of carbonyl (C=O) groups is 1. The minimum Gasteiger partial charge on any atom is -0.394 e. The Labute approximate surface area is 312 Å². The molecule has 0 aromatic rings. The molecule has 0 bridgehead atoms. The third-order valence-electron chi connectivity index (χ3n) is 10.4. The first-order chi connectivity index (χ1) is 24.8. The minimum absolute atomic E-state index is 0.146. The lowest BCUT2D eigenvalue weighted by Gasteiger charge is -2.40. The van der Waals surface area contributed by atoms with E-state index in [9.17, 15) is 30.3 Å². The molecule has 0 saturated carbocycles. The molecule has 1 fully saturated rings. The van der Waals surface area contributed by atoms with Crippen molar-refractivity contribution >= 4 is 5.91 Å². The highest BCUT2D eigenvalue weighted by Crippen LogP contribution is 2.23. The third-order valence-corrected chi connectivity index (χ3v) is 10.4. The standard InChI is InChI=1S/C42H81NO8/c1-3-5-7-9-11-13-15-17-18-20-21-23-25-27-29-31-36(45)35(34-50-42-41(49)40(48)39(47)37(33-44)51-42)43-38(46)32-30-28-26-24-22-19-16-14-12-10-8-6-4-2/h21,23,35-37,39-42,44-45,47-49H,3-20,22,24-34H2,1-2H3,(H,43,46)/b23-21+/t35-,36+,37+,39+,40?,41?,42+/m0/s1. The van der Waals surface area contributed by atoms with Gasteiger partial charge >= 0.3 is 0 Å². The summed E-state index contributed by atoms with van der Waals surface area (Å²) in [6.45, 7) is 3.81. The summed E-state index contributed by atoms with van der Waals surface area (Å²) in [7, 11) is 0. The monoisotopic (exact) mass is 728 g/mol. The summed E-state index contributed by atoms with van der Waals surface area (Å²) in [5, 5.41) is 54.2. The molecule has 1 rings (SSSR count). The molecule has 1 heterocycles. The Morgan fingerprint density at radius 3 is 1.59 bits per heavy atom. The van der Waals surface area contributed by atoms with E-state index in [1.54, 1.807) is 0 Å². The van der Waals surface area contributed by atoms with Gasteiger partial charge in [0.2, 0.25) is 5.91 Å². The maximum atomic E-state index is 12.9. The van der Waals surface area contributed by atoms with E-state index in [4.69, 9.17) is 9.47 Å². The number of carbonyl (C=O) groups excluding carboxylic acids is 1. The number of amides is 1. The molecular formula is C42H81NO8. The Morgan fingerprint density at radius 2 is 1.10 bits per heavy atom. The second-order valence-electron chi connectivity index (χ2n) is 15.1. The summed E-state index contributed by atoms with van der Waals surface area (Å²) in [4.78, 5) is 12.9. The van der Waals surface area contributed by atoms with Gasteiger partial charge in [-0.25, -0.2) is 0 Å². The van der Waals surface area contributed by atoms with Crippen LogP contribution in [-0.2, 0) is 14.3 Å². The summed E-state index contributed by atoms with van der Waals surface area (Å²) < 4.78 is 11.2. The SMILES string of the molecule is CCCCCCCCCCC/C=C/CCCC[C@@H](O)[C@H](CO[C@@H]1O[C@H](CO)[C@@H](O)C(O)C1O)NC(=O)CCCCCCCCCCCCCCC. The van der Waals surface area contributed by atoms with Crippen molar-refractivity contribution < 1.29 is 39.8 Å². The van der Waals surface area contributed by atoms with E-state index in [0.29, 0.717) is 12.8 Å². The molecule has 51 heavy (non-hydrogen) atoms. The van der Waals surface area contributed by atoms with Crippen LogP contribution in [0.3, 0.4) is 0 Å². The molecule has 1 saturated heterocycles. The molecule has 9 nitrogen and oxygen atoms in total. The summed E-state index contributed by atoms with van der Waals surface area (Å²) in [6, 6.07) is -0.728. The predicted octanol–water partition coefficient (Wildman–Crippen LogP) is 8.17. The lowest BCUT2D eigenvalue weighted by Crippen LogP contribution is -2.60. The highest BCUT2D eigenvalue weighted by atomic mass is 16.7. The first kappa shape index (κ1) is 48.0. The molecule has 0 aromatic carbocycles. The molecule has 0 spiro atoms. The number of aliphatic hydroxyl groups excluding tert-OH is 5. The molecular weight excluding hydrogens is 646 g/mol. The van der Waals surface area contributed by atoms with E-state index in [1.165, 1.54) is 122 Å². The van der Waals surface area contributed by atoms with Crippen LogP contribution in [0.4, 0.5) is 0 Å². The molecule has 0 aromatic heterocycles. The van der Waals surface area contributed by atoms with E-state index in [-0.39, 0.29) is 12.5 Å². The molecule has 1 aliphatic heterocycles. The van der Waals surface area contributed by atoms with Gasteiger partial charge in [0.05, 0.1) is 25.4 Å². The number of allylic oxidation sites excluding steroid dienone is 2. The van der Waals surface area contributed by atoms with Crippen LogP contribution in [0.1, 0.15) is 194 Å². The summed E-state index contributed by atoms with van der Waals surface area (Å²) >= 11 is 0. The molecule has 0 radical (unpaired) electrons. The zero-order chi connectivity index (χ0) is 37.4. The second-order valence-corrected chi connectivity index (χ2v) is 15.1. The predicted molar refractivity (Wildman–Crippen MR) is 207 cm³/mol. The molecule has 2 unspecified atom stereocenters. The Hall–Kier alpha value is -1.07. The van der Waals surface area contributed by atoms with Gasteiger partial charge < -0.3 is 40.3 Å². The van der Waals surface area contributed by atoms with Crippen LogP contribution in [0.2, 0.25) is 0 Å². The number of ether oxygens (including phenoxy) is 2. The van der Waals surface area contributed by atoms with Gasteiger partial charge in [0.15, 0.2) is 6.29 Å². The number of nitrogens with one attached hydrogen (secondary N) is 1. The molecule has 302 valence electrons. The van der Waals surface area contributed by atoms with Crippen molar-refractivity contribution in [1.29, 1.82) is 0 Å². The highest BCUT2D eigenvalue weighted by Gasteiger charge is 2.44. The van der Waals surface area contributed by atoms with Crippen molar-refractivity contribution in [3.8, 4) is 0 Å². The average molecular weight is 728 g/mol. The van der Waals surface area contributed by atoms with Crippen molar-refractivity contribution in [2.75, 3.05) is 13.2 Å². The van der Waals surface area contributed by atoms with E-state index in [2.05, 4.69) is 31.3 Å². The van der Waals surface area contributed by atoms with Gasteiger partial charge in [-0.3, -0.25) is 4.79 Å². The fraction of sp³-hybridized carbons (Fsp3) is 0.929. The zero-order valence-corrected chi connectivity index (χ0v) is 32.9. The maximum Gasteiger partial charge on any atom is 0.220 e. The van der Waals surface area contributed by atoms with Crippen molar-refractivity contribution in [2.45, 2.75) is 236 Å². The molecule has 7 atom stereocenters. The Morgan fingerprint density at radius 1 is 0.647 bits per heavy atom. The van der Waals surface area contributed by atoms with Crippen LogP contribution in [0.15, 0.2) is 12.2 Å². The van der Waals surface area contributed by atoms with E-state index >= 15 is 0 Å². The van der Waals surface area contributed by atoms with Crippen LogP contribution in [0.25, 0.3) is 0 Å². The normalized spacial score (nSPS) is 22.1. The topological polar surface area (TPSA) is 149 Å². The lowest BCUT2D eigenvalue weighted by atomic mass is 9.99. The van der Waals surface area contributed by atoms with Gasteiger partial charge in [0.25, 0.3) is 0 Å². The first-order valence-electron chi connectivity index (χ1n) is 21.4. The number of hydrogen-bond acceptors (Lipinski definition) is 8. The summed E-state index contributed by atoms with van der Waals surface area (Å²) in [5.74, 6) is -0.154. The van der Waals surface area contributed by atoms with Crippen LogP contribution in [0, 0.1) is 0 Å². The highest BCUT2D eigenvalue weighted by molar-refractivity contribution is 5.76. The first-order valence-corrected chi connectivity index (χ1v) is 21.4. The van der Waals surface area contributed by atoms with Gasteiger partial charge in [-0.1, -0.05) is 161 Å². The summed E-state index contributed by atoms with van der Waals surface area (Å²) in [6.07, 6.45) is 29.3. The van der Waals surface area contributed by atoms with E-state index in [1.807, 2.05) is 0 Å². The molecule has 1 amide bonds. The van der Waals surface area contributed by atoms with Crippen LogP contribution >= 0.6 is 0 Å². The molecule has 0 aliphatic carbocycles. The Kier molecular flexibility index (Phi) is 31.5. The van der Waals surface area contributed by atoms with Crippen molar-refractivity contribution in [2.24, 2.45) is 0 Å². The number of rotatable bonds is 35. The van der Waals surface area contributed by atoms with Gasteiger partial charge in [-0.05, 0) is 38.5 Å². The van der Waals surface area contributed by atoms with Gasteiger partial charge in [0.1, 0.15) is 24.4 Å². The second kappa shape index (κ2) is 33.5. The van der Waals surface area contributed by atoms with Crippen molar-refractivity contribution in [3.63, 3.8) is 0 Å². The summed E-state index contributed by atoms with van der Waals surface area (Å²) in [5.41, 5.74) is 0. The largest absolute Gasteiger partial charge is 0.394 e. The zero-order valence-electron chi connectivity index (χ0n) is 32.9.